The molecule has 2 heterocycles. The molecule has 1 amide bonds. The van der Waals surface area contributed by atoms with Gasteiger partial charge in [-0.1, -0.05) is 6.07 Å². The number of aromatic nitrogens is 3. The van der Waals surface area contributed by atoms with E-state index in [-0.39, 0.29) is 16.5 Å². The number of carbonyl (C=O) groups is 1. The molecule has 3 rings (SSSR count). The van der Waals surface area contributed by atoms with Gasteiger partial charge in [-0.15, -0.1) is 0 Å². The van der Waals surface area contributed by atoms with Gasteiger partial charge in [0.05, 0.1) is 18.6 Å². The molecule has 0 unspecified atom stereocenters. The van der Waals surface area contributed by atoms with Crippen LogP contribution in [0.4, 0.5) is 8.78 Å². The summed E-state index contributed by atoms with van der Waals surface area (Å²) in [5, 5.41) is 4.10. The molecule has 3 aromatic rings. The number of methoxy groups -OCH3 is 1. The molecule has 0 spiro atoms. The highest BCUT2D eigenvalue weighted by Crippen LogP contribution is 2.23. The molecule has 0 aliphatic carbocycles. The molecule has 1 aromatic carbocycles. The highest BCUT2D eigenvalue weighted by atomic mass is 32.2. The molecule has 0 aliphatic heterocycles. The number of nitrogens with zero attached hydrogens (tertiary/aromatic N) is 3. The average molecular weight is 376 g/mol. The zero-order valence-electron chi connectivity index (χ0n) is 13.6. The van der Waals surface area contributed by atoms with E-state index in [2.05, 4.69) is 14.8 Å². The minimum absolute atomic E-state index is 0.0651. The predicted octanol–water partition coefficient (Wildman–Crippen LogP) is 3.05. The number of amides is 1. The van der Waals surface area contributed by atoms with Gasteiger partial charge in [-0.2, -0.15) is 5.10 Å². The van der Waals surface area contributed by atoms with Crippen LogP contribution in [0.15, 0.2) is 53.7 Å². The van der Waals surface area contributed by atoms with Crippen LogP contribution < -0.4 is 9.46 Å². The molecular formula is C17H14F2N4O2S. The third kappa shape index (κ3) is 3.99. The Morgan fingerprint density at radius 2 is 2.00 bits per heavy atom. The second-order valence-electron chi connectivity index (χ2n) is 5.15. The lowest BCUT2D eigenvalue weighted by atomic mass is 10.2. The molecule has 9 heteroatoms. The van der Waals surface area contributed by atoms with Crippen molar-refractivity contribution in [3.05, 3.63) is 71.7 Å². The lowest BCUT2D eigenvalue weighted by Gasteiger charge is -2.10. The van der Waals surface area contributed by atoms with E-state index < -0.39 is 17.5 Å². The van der Waals surface area contributed by atoms with Crippen LogP contribution in [-0.4, -0.2) is 27.8 Å². The summed E-state index contributed by atoms with van der Waals surface area (Å²) in [6.45, 7) is 0.431. The number of carbonyl (C=O) groups excluding carboxylic acids is 1. The number of nitrogens with one attached hydrogen (secondary N) is 1. The van der Waals surface area contributed by atoms with Crippen LogP contribution in [0.25, 0.3) is 0 Å². The van der Waals surface area contributed by atoms with Gasteiger partial charge >= 0.3 is 0 Å². The molecule has 0 bridgehead atoms. The van der Waals surface area contributed by atoms with Gasteiger partial charge in [0.2, 0.25) is 5.88 Å². The lowest BCUT2D eigenvalue weighted by molar-refractivity contribution is 0.0978. The van der Waals surface area contributed by atoms with Gasteiger partial charge in [-0.05, 0) is 42.3 Å². The first-order chi connectivity index (χ1) is 12.6. The largest absolute Gasteiger partial charge is 0.481 e. The zero-order chi connectivity index (χ0) is 18.5. The number of ether oxygens (including phenoxy) is 1. The van der Waals surface area contributed by atoms with E-state index in [4.69, 9.17) is 4.74 Å². The van der Waals surface area contributed by atoms with Crippen LogP contribution in [0.1, 0.15) is 16.1 Å². The third-order valence-corrected chi connectivity index (χ3v) is 4.30. The topological polar surface area (TPSA) is 69.0 Å². The van der Waals surface area contributed by atoms with Crippen molar-refractivity contribution in [3.8, 4) is 5.88 Å². The molecular weight excluding hydrogens is 362 g/mol. The van der Waals surface area contributed by atoms with E-state index >= 15 is 0 Å². The molecule has 26 heavy (non-hydrogen) atoms. The van der Waals surface area contributed by atoms with Crippen LogP contribution in [-0.2, 0) is 6.54 Å². The summed E-state index contributed by atoms with van der Waals surface area (Å²) in [4.78, 5) is 16.1. The number of rotatable bonds is 6. The van der Waals surface area contributed by atoms with Crippen molar-refractivity contribution in [2.24, 2.45) is 0 Å². The van der Waals surface area contributed by atoms with Crippen molar-refractivity contribution in [1.29, 1.82) is 0 Å². The van der Waals surface area contributed by atoms with Crippen LogP contribution in [0.2, 0.25) is 0 Å². The Labute approximate surface area is 152 Å². The van der Waals surface area contributed by atoms with Gasteiger partial charge in [0.25, 0.3) is 5.91 Å². The van der Waals surface area contributed by atoms with E-state index in [1.54, 1.807) is 29.2 Å². The standard InChI is InChI=1S/C17H14F2N4O2S/c1-25-17-11(10-23-9-3-8-20-23)6-7-14(21-17)16(24)22-26-15-12(18)4-2-5-13(15)19/h2-9H,10H2,1H3,(H,22,24). The fraction of sp³-hybridized carbons (Fsp3) is 0.118. The van der Waals surface area contributed by atoms with E-state index in [0.717, 1.165) is 17.7 Å². The molecule has 1 N–H and O–H groups in total. The Kier molecular flexibility index (Phi) is 5.47. The Balaban J connectivity index is 1.73. The van der Waals surface area contributed by atoms with E-state index in [1.165, 1.54) is 19.2 Å². The Morgan fingerprint density at radius 1 is 1.23 bits per heavy atom. The summed E-state index contributed by atoms with van der Waals surface area (Å²) >= 11 is 0.554. The highest BCUT2D eigenvalue weighted by Gasteiger charge is 2.15. The highest BCUT2D eigenvalue weighted by molar-refractivity contribution is 7.98. The molecule has 0 saturated heterocycles. The minimum Gasteiger partial charge on any atom is -0.481 e. The van der Waals surface area contributed by atoms with Gasteiger partial charge in [0, 0.05) is 18.0 Å². The van der Waals surface area contributed by atoms with Crippen molar-refractivity contribution in [3.63, 3.8) is 0 Å². The normalized spacial score (nSPS) is 10.6. The monoisotopic (exact) mass is 376 g/mol. The molecule has 0 radical (unpaired) electrons. The van der Waals surface area contributed by atoms with Crippen molar-refractivity contribution in [1.82, 2.24) is 19.5 Å². The van der Waals surface area contributed by atoms with Gasteiger partial charge < -0.3 is 4.74 Å². The number of halogens is 2. The Hall–Kier alpha value is -2.94. The molecule has 2 aromatic heterocycles. The summed E-state index contributed by atoms with van der Waals surface area (Å²) in [5.74, 6) is -1.83. The van der Waals surface area contributed by atoms with Crippen LogP contribution in [0, 0.1) is 11.6 Å². The van der Waals surface area contributed by atoms with Crippen molar-refractivity contribution in [2.45, 2.75) is 11.4 Å². The lowest BCUT2D eigenvalue weighted by Crippen LogP contribution is -2.18. The van der Waals surface area contributed by atoms with E-state index in [9.17, 15) is 13.6 Å². The van der Waals surface area contributed by atoms with E-state index in [0.29, 0.717) is 18.5 Å². The van der Waals surface area contributed by atoms with Gasteiger partial charge in [0.1, 0.15) is 17.3 Å². The van der Waals surface area contributed by atoms with Gasteiger partial charge in [0.15, 0.2) is 0 Å². The fourth-order valence-electron chi connectivity index (χ4n) is 2.19. The first-order valence-electron chi connectivity index (χ1n) is 7.51. The molecule has 0 atom stereocenters. The smallest absolute Gasteiger partial charge is 0.280 e. The van der Waals surface area contributed by atoms with Gasteiger partial charge in [-0.3, -0.25) is 14.2 Å². The Morgan fingerprint density at radius 3 is 2.65 bits per heavy atom. The molecule has 6 nitrogen and oxygen atoms in total. The van der Waals surface area contributed by atoms with Crippen molar-refractivity contribution < 1.29 is 18.3 Å². The van der Waals surface area contributed by atoms with Crippen molar-refractivity contribution in [2.75, 3.05) is 7.11 Å². The minimum atomic E-state index is -0.754. The number of hydrogen-bond donors (Lipinski definition) is 1. The van der Waals surface area contributed by atoms with Crippen LogP contribution in [0.3, 0.4) is 0 Å². The molecule has 0 aliphatic rings. The Bertz CT molecular complexity index is 899. The number of benzene rings is 1. The summed E-state index contributed by atoms with van der Waals surface area (Å²) < 4.78 is 36.5. The second-order valence-corrected chi connectivity index (χ2v) is 5.97. The summed E-state index contributed by atoms with van der Waals surface area (Å²) in [6.07, 6.45) is 3.44. The molecule has 0 saturated carbocycles. The summed E-state index contributed by atoms with van der Waals surface area (Å²) in [6, 6.07) is 8.47. The average Bonchev–Trinajstić information content (AvgIpc) is 3.14. The maximum Gasteiger partial charge on any atom is 0.280 e. The quantitative estimate of drug-likeness (QED) is 0.670. The fourth-order valence-corrected chi connectivity index (χ4v) is 2.82. The van der Waals surface area contributed by atoms with Crippen LogP contribution >= 0.6 is 11.9 Å². The van der Waals surface area contributed by atoms with Gasteiger partial charge in [-0.25, -0.2) is 13.8 Å². The molecule has 0 fully saturated rings. The predicted molar refractivity (Wildman–Crippen MR) is 91.8 cm³/mol. The second kappa shape index (κ2) is 7.96. The first-order valence-corrected chi connectivity index (χ1v) is 8.32. The number of pyridine rings is 1. The number of hydrogen-bond acceptors (Lipinski definition) is 5. The third-order valence-electron chi connectivity index (χ3n) is 3.42. The maximum atomic E-state index is 13.6. The van der Waals surface area contributed by atoms with Crippen LogP contribution in [0.5, 0.6) is 5.88 Å². The molecule has 134 valence electrons. The zero-order valence-corrected chi connectivity index (χ0v) is 14.5. The maximum absolute atomic E-state index is 13.6. The van der Waals surface area contributed by atoms with E-state index in [1.807, 2.05) is 0 Å². The first kappa shape index (κ1) is 17.9. The SMILES string of the molecule is COc1nc(C(=O)NSc2c(F)cccc2F)ccc1Cn1cccn1. The summed E-state index contributed by atoms with van der Waals surface area (Å²) in [7, 11) is 1.44. The summed E-state index contributed by atoms with van der Waals surface area (Å²) in [5.41, 5.74) is 0.802. The van der Waals surface area contributed by atoms with Crippen molar-refractivity contribution >= 4 is 17.9 Å².